The molecule has 0 bridgehead atoms. The molecule has 1 atom stereocenters. The molecule has 0 unspecified atom stereocenters. The minimum Gasteiger partial charge on any atom is -0.385 e. The van der Waals surface area contributed by atoms with E-state index in [-0.39, 0.29) is 5.78 Å². The molecule has 0 aliphatic heterocycles. The van der Waals surface area contributed by atoms with E-state index in [0.29, 0.717) is 18.4 Å². The number of rotatable bonds is 3. The van der Waals surface area contributed by atoms with Crippen molar-refractivity contribution in [3.05, 3.63) is 82.6 Å². The number of hydrogen-bond acceptors (Lipinski definition) is 2. The van der Waals surface area contributed by atoms with E-state index in [1.54, 1.807) is 0 Å². The first kappa shape index (κ1) is 15.2. The lowest BCUT2D eigenvalue weighted by atomic mass is 9.85. The van der Waals surface area contributed by atoms with Crippen LogP contribution in [0.4, 0.5) is 0 Å². The molecule has 0 saturated heterocycles. The Bertz CT molecular complexity index is 763. The fraction of sp³-hybridized carbons (Fsp3) is 0.318. The van der Waals surface area contributed by atoms with Gasteiger partial charge in [0.2, 0.25) is 0 Å². The Labute approximate surface area is 143 Å². The summed E-state index contributed by atoms with van der Waals surface area (Å²) < 4.78 is 0. The maximum atomic E-state index is 12.2. The number of hydrogen-bond donors (Lipinski definition) is 1. The first-order valence-corrected chi connectivity index (χ1v) is 8.80. The molecule has 2 aliphatic carbocycles. The van der Waals surface area contributed by atoms with Crippen LogP contribution in [-0.4, -0.2) is 11.8 Å². The van der Waals surface area contributed by atoms with E-state index in [4.69, 9.17) is 0 Å². The largest absolute Gasteiger partial charge is 0.385 e. The van der Waals surface area contributed by atoms with Gasteiger partial charge in [-0.05, 0) is 48.8 Å². The van der Waals surface area contributed by atoms with Gasteiger partial charge in [0.1, 0.15) is 0 Å². The number of allylic oxidation sites excluding steroid dienone is 2. The first-order valence-electron chi connectivity index (χ1n) is 8.80. The topological polar surface area (TPSA) is 29.1 Å². The Balaban J connectivity index is 1.46. The molecule has 2 aromatic rings. The summed E-state index contributed by atoms with van der Waals surface area (Å²) in [4.78, 5) is 12.2. The molecular formula is C22H23NO. The number of fused-ring (bicyclic) bond motifs is 1. The van der Waals surface area contributed by atoms with Crippen molar-refractivity contribution in [1.82, 2.24) is 5.32 Å². The minimum atomic E-state index is 0.241. The molecule has 122 valence electrons. The van der Waals surface area contributed by atoms with Gasteiger partial charge in [-0.3, -0.25) is 4.79 Å². The van der Waals surface area contributed by atoms with Gasteiger partial charge in [0.25, 0.3) is 0 Å². The zero-order valence-corrected chi connectivity index (χ0v) is 14.1. The average Bonchev–Trinajstić information content (AvgIpc) is 2.97. The van der Waals surface area contributed by atoms with E-state index >= 15 is 0 Å². The lowest BCUT2D eigenvalue weighted by Gasteiger charge is -2.26. The number of benzene rings is 2. The van der Waals surface area contributed by atoms with Crippen molar-refractivity contribution in [2.45, 2.75) is 44.6 Å². The summed E-state index contributed by atoms with van der Waals surface area (Å²) in [7, 11) is 0. The second kappa shape index (κ2) is 6.27. The molecule has 0 spiro atoms. The van der Waals surface area contributed by atoms with Gasteiger partial charge in [-0.25, -0.2) is 0 Å². The highest BCUT2D eigenvalue weighted by Gasteiger charge is 2.26. The van der Waals surface area contributed by atoms with E-state index in [1.165, 1.54) is 22.3 Å². The molecule has 2 aromatic carbocycles. The number of nitrogens with one attached hydrogen (secondary N) is 1. The van der Waals surface area contributed by atoms with Gasteiger partial charge in [-0.15, -0.1) is 0 Å². The third kappa shape index (κ3) is 3.14. The Kier molecular flexibility index (Phi) is 3.97. The number of ketones is 1. The van der Waals surface area contributed by atoms with Crippen molar-refractivity contribution < 1.29 is 4.79 Å². The third-order valence-corrected chi connectivity index (χ3v) is 5.24. The van der Waals surface area contributed by atoms with Crippen LogP contribution in [0.2, 0.25) is 0 Å². The lowest BCUT2D eigenvalue weighted by molar-refractivity contribution is -0.115. The second-order valence-electron chi connectivity index (χ2n) is 7.17. The number of carbonyl (C=O) groups excluding carboxylic acids is 1. The quantitative estimate of drug-likeness (QED) is 0.924. The summed E-state index contributed by atoms with van der Waals surface area (Å²) in [6.07, 6.45) is 5.49. The monoisotopic (exact) mass is 317 g/mol. The molecule has 4 rings (SSSR count). The van der Waals surface area contributed by atoms with Crippen LogP contribution in [0.15, 0.2) is 60.3 Å². The van der Waals surface area contributed by atoms with Gasteiger partial charge in [0.15, 0.2) is 5.78 Å². The van der Waals surface area contributed by atoms with Crippen molar-refractivity contribution in [2.24, 2.45) is 0 Å². The maximum absolute atomic E-state index is 12.2. The van der Waals surface area contributed by atoms with Crippen molar-refractivity contribution >= 4 is 5.78 Å². The lowest BCUT2D eigenvalue weighted by Crippen LogP contribution is -2.32. The highest BCUT2D eigenvalue weighted by Crippen LogP contribution is 2.32. The standard InChI is InChI=1S/C22H23NO/c1-15-6-8-16(9-7-15)19-12-21(14-22(24)13-19)23-20-10-17-4-2-3-5-18(17)11-20/h2-9,14,19-20,23H,10-13H2,1H3/t19-/m1/s1. The molecule has 2 aliphatic rings. The van der Waals surface area contributed by atoms with E-state index in [9.17, 15) is 4.79 Å². The fourth-order valence-corrected chi connectivity index (χ4v) is 3.99. The average molecular weight is 317 g/mol. The molecule has 0 saturated carbocycles. The van der Waals surface area contributed by atoms with Crippen molar-refractivity contribution in [3.63, 3.8) is 0 Å². The van der Waals surface area contributed by atoms with Crippen molar-refractivity contribution in [1.29, 1.82) is 0 Å². The molecule has 0 fully saturated rings. The normalized spacial score (nSPS) is 20.6. The van der Waals surface area contributed by atoms with E-state index in [2.05, 4.69) is 60.8 Å². The molecule has 0 aromatic heterocycles. The van der Waals surface area contributed by atoms with Crippen molar-refractivity contribution in [3.8, 4) is 0 Å². The minimum absolute atomic E-state index is 0.241. The van der Waals surface area contributed by atoms with E-state index in [1.807, 2.05) is 6.08 Å². The molecule has 1 N–H and O–H groups in total. The second-order valence-corrected chi connectivity index (χ2v) is 7.17. The summed E-state index contributed by atoms with van der Waals surface area (Å²) in [5.41, 5.74) is 6.52. The highest BCUT2D eigenvalue weighted by molar-refractivity contribution is 5.92. The number of aryl methyl sites for hydroxylation is 1. The summed E-state index contributed by atoms with van der Waals surface area (Å²) in [5, 5.41) is 3.65. The van der Waals surface area contributed by atoms with Gasteiger partial charge < -0.3 is 5.32 Å². The first-order chi connectivity index (χ1) is 11.7. The van der Waals surface area contributed by atoms with E-state index in [0.717, 1.165) is 25.0 Å². The Hall–Kier alpha value is -2.35. The smallest absolute Gasteiger partial charge is 0.158 e. The Morgan fingerprint density at radius 2 is 1.54 bits per heavy atom. The zero-order chi connectivity index (χ0) is 16.5. The Morgan fingerprint density at radius 3 is 2.21 bits per heavy atom. The summed E-state index contributed by atoms with van der Waals surface area (Å²) in [6, 6.07) is 17.7. The summed E-state index contributed by atoms with van der Waals surface area (Å²) in [6.45, 7) is 2.10. The molecule has 0 heterocycles. The highest BCUT2D eigenvalue weighted by atomic mass is 16.1. The molecule has 2 heteroatoms. The SMILES string of the molecule is Cc1ccc([C@H]2CC(=O)C=C(NC3Cc4ccccc4C3)C2)cc1. The van der Waals surface area contributed by atoms with Gasteiger partial charge in [0, 0.05) is 24.2 Å². The summed E-state index contributed by atoms with van der Waals surface area (Å²) in [5.74, 6) is 0.541. The fourth-order valence-electron chi connectivity index (χ4n) is 3.99. The zero-order valence-electron chi connectivity index (χ0n) is 14.1. The maximum Gasteiger partial charge on any atom is 0.158 e. The number of carbonyl (C=O) groups is 1. The predicted molar refractivity (Wildman–Crippen MR) is 97.0 cm³/mol. The van der Waals surface area contributed by atoms with Crippen LogP contribution in [0, 0.1) is 6.92 Å². The van der Waals surface area contributed by atoms with Crippen LogP contribution in [0.25, 0.3) is 0 Å². The van der Waals surface area contributed by atoms with Gasteiger partial charge in [-0.1, -0.05) is 54.1 Å². The molecule has 24 heavy (non-hydrogen) atoms. The van der Waals surface area contributed by atoms with Crippen LogP contribution in [0.3, 0.4) is 0 Å². The van der Waals surface area contributed by atoms with Crippen LogP contribution in [0.1, 0.15) is 41.0 Å². The van der Waals surface area contributed by atoms with Crippen LogP contribution in [0.5, 0.6) is 0 Å². The predicted octanol–water partition coefficient (Wildman–Crippen LogP) is 4.08. The van der Waals surface area contributed by atoms with E-state index < -0.39 is 0 Å². The van der Waals surface area contributed by atoms with Crippen LogP contribution >= 0.6 is 0 Å². The van der Waals surface area contributed by atoms with Crippen LogP contribution < -0.4 is 5.32 Å². The molecule has 0 radical (unpaired) electrons. The van der Waals surface area contributed by atoms with Crippen molar-refractivity contribution in [2.75, 3.05) is 0 Å². The van der Waals surface area contributed by atoms with Gasteiger partial charge >= 0.3 is 0 Å². The Morgan fingerprint density at radius 1 is 0.875 bits per heavy atom. The summed E-state index contributed by atoms with van der Waals surface area (Å²) >= 11 is 0. The van der Waals surface area contributed by atoms with Gasteiger partial charge in [0.05, 0.1) is 0 Å². The molecule has 2 nitrogen and oxygen atoms in total. The van der Waals surface area contributed by atoms with Crippen LogP contribution in [-0.2, 0) is 17.6 Å². The third-order valence-electron chi connectivity index (χ3n) is 5.24. The molecule has 0 amide bonds. The van der Waals surface area contributed by atoms with Gasteiger partial charge in [-0.2, -0.15) is 0 Å². The molecular weight excluding hydrogens is 294 g/mol.